The molecule has 25 heavy (non-hydrogen) atoms. The van der Waals surface area contributed by atoms with Crippen molar-refractivity contribution < 1.29 is 0 Å². The first kappa shape index (κ1) is 17.2. The Morgan fingerprint density at radius 1 is 1.08 bits per heavy atom. The predicted octanol–water partition coefficient (Wildman–Crippen LogP) is 3.99. The van der Waals surface area contributed by atoms with E-state index in [-0.39, 0.29) is 5.54 Å². The van der Waals surface area contributed by atoms with Crippen LogP contribution in [0.4, 0.5) is 11.4 Å². The maximum absolute atomic E-state index is 7.51. The van der Waals surface area contributed by atoms with Gasteiger partial charge in [0.15, 0.2) is 0 Å². The first-order valence-corrected chi connectivity index (χ1v) is 8.76. The van der Waals surface area contributed by atoms with E-state index in [0.717, 1.165) is 41.2 Å². The summed E-state index contributed by atoms with van der Waals surface area (Å²) in [5.41, 5.74) is 10.4. The lowest BCUT2D eigenvalue weighted by molar-refractivity contribution is 0.523. The molecule has 4 N–H and O–H groups in total. The number of rotatable bonds is 6. The molecule has 0 aliphatic carbocycles. The molecule has 0 radical (unpaired) electrons. The Morgan fingerprint density at radius 3 is 2.56 bits per heavy atom. The largest absolute Gasteiger partial charge is 0.371 e. The fourth-order valence-electron chi connectivity index (χ4n) is 3.19. The van der Waals surface area contributed by atoms with E-state index in [1.807, 2.05) is 42.5 Å². The first-order chi connectivity index (χ1) is 12.2. The zero-order valence-corrected chi connectivity index (χ0v) is 14.8. The van der Waals surface area contributed by atoms with E-state index in [0.29, 0.717) is 6.54 Å². The van der Waals surface area contributed by atoms with Gasteiger partial charge in [0.2, 0.25) is 0 Å². The van der Waals surface area contributed by atoms with Gasteiger partial charge < -0.3 is 16.2 Å². The summed E-state index contributed by atoms with van der Waals surface area (Å²) in [6.45, 7) is 4.97. The van der Waals surface area contributed by atoms with Crippen LogP contribution in [0, 0.1) is 5.41 Å². The van der Waals surface area contributed by atoms with Crippen molar-refractivity contribution in [2.24, 2.45) is 4.99 Å². The number of hydrazine groups is 1. The van der Waals surface area contributed by atoms with Crippen LogP contribution in [0.15, 0.2) is 53.5 Å². The molecule has 0 bridgehead atoms. The molecule has 0 amide bonds. The molecule has 0 fully saturated rings. The summed E-state index contributed by atoms with van der Waals surface area (Å²) in [6, 6.07) is 16.0. The molecule has 2 aromatic rings. The molecule has 5 nitrogen and oxygen atoms in total. The van der Waals surface area contributed by atoms with Gasteiger partial charge in [0.1, 0.15) is 5.84 Å². The fourth-order valence-corrected chi connectivity index (χ4v) is 3.19. The van der Waals surface area contributed by atoms with Crippen LogP contribution in [-0.2, 0) is 6.54 Å². The van der Waals surface area contributed by atoms with E-state index < -0.39 is 0 Å². The summed E-state index contributed by atoms with van der Waals surface area (Å²) < 4.78 is 0. The molecular formula is C20H25N5. The molecule has 130 valence electrons. The van der Waals surface area contributed by atoms with Crippen LogP contribution in [0.1, 0.15) is 37.8 Å². The van der Waals surface area contributed by atoms with E-state index in [9.17, 15) is 0 Å². The Bertz CT molecular complexity index is 777. The summed E-state index contributed by atoms with van der Waals surface area (Å²) >= 11 is 0. The SMILES string of the molecule is CCC1(CC)Nc2ccccc2N=C1NNCc1ccccc1C=N. The summed E-state index contributed by atoms with van der Waals surface area (Å²) in [4.78, 5) is 4.85. The third-order valence-electron chi connectivity index (χ3n) is 4.87. The van der Waals surface area contributed by atoms with Crippen molar-refractivity contribution in [1.82, 2.24) is 10.9 Å². The van der Waals surface area contributed by atoms with E-state index in [4.69, 9.17) is 10.4 Å². The van der Waals surface area contributed by atoms with Crippen molar-refractivity contribution >= 4 is 23.4 Å². The number of hydrogen-bond donors (Lipinski definition) is 4. The molecule has 3 rings (SSSR count). The second kappa shape index (κ2) is 7.49. The van der Waals surface area contributed by atoms with Gasteiger partial charge in [0.05, 0.1) is 16.9 Å². The molecular weight excluding hydrogens is 310 g/mol. The smallest absolute Gasteiger partial charge is 0.142 e. The van der Waals surface area contributed by atoms with Crippen LogP contribution in [0.5, 0.6) is 0 Å². The lowest BCUT2D eigenvalue weighted by atomic mass is 9.89. The van der Waals surface area contributed by atoms with Gasteiger partial charge in [-0.15, -0.1) is 0 Å². The van der Waals surface area contributed by atoms with E-state index in [1.54, 1.807) is 0 Å². The summed E-state index contributed by atoms with van der Waals surface area (Å²) in [5.74, 6) is 0.906. The number of anilines is 1. The highest BCUT2D eigenvalue weighted by Gasteiger charge is 2.36. The van der Waals surface area contributed by atoms with Crippen LogP contribution in [0.3, 0.4) is 0 Å². The molecule has 2 aromatic carbocycles. The van der Waals surface area contributed by atoms with Crippen molar-refractivity contribution in [3.63, 3.8) is 0 Å². The first-order valence-electron chi connectivity index (χ1n) is 8.76. The minimum atomic E-state index is -0.206. The molecule has 1 heterocycles. The minimum Gasteiger partial charge on any atom is -0.371 e. The van der Waals surface area contributed by atoms with Crippen LogP contribution in [0.2, 0.25) is 0 Å². The third kappa shape index (κ3) is 3.42. The molecule has 0 saturated carbocycles. The van der Waals surface area contributed by atoms with Crippen molar-refractivity contribution in [3.05, 3.63) is 59.7 Å². The number of nitrogens with zero attached hydrogens (tertiary/aromatic N) is 1. The second-order valence-electron chi connectivity index (χ2n) is 6.21. The normalized spacial score (nSPS) is 14.9. The number of para-hydroxylation sites is 2. The Kier molecular flexibility index (Phi) is 5.14. The van der Waals surface area contributed by atoms with Gasteiger partial charge in [-0.05, 0) is 36.1 Å². The lowest BCUT2D eigenvalue weighted by Gasteiger charge is -2.39. The third-order valence-corrected chi connectivity index (χ3v) is 4.87. The number of hydrogen-bond acceptors (Lipinski definition) is 5. The maximum atomic E-state index is 7.51. The van der Waals surface area contributed by atoms with Crippen LogP contribution < -0.4 is 16.2 Å². The number of benzene rings is 2. The summed E-state index contributed by atoms with van der Waals surface area (Å²) in [5, 5.41) is 11.2. The Hall–Kier alpha value is -2.66. The highest BCUT2D eigenvalue weighted by Crippen LogP contribution is 2.35. The number of nitrogens with one attached hydrogen (secondary N) is 4. The van der Waals surface area contributed by atoms with Crippen LogP contribution >= 0.6 is 0 Å². The lowest BCUT2D eigenvalue weighted by Crippen LogP contribution is -2.56. The van der Waals surface area contributed by atoms with Gasteiger partial charge in [-0.2, -0.15) is 0 Å². The minimum absolute atomic E-state index is 0.206. The van der Waals surface area contributed by atoms with Gasteiger partial charge in [0.25, 0.3) is 0 Å². The van der Waals surface area contributed by atoms with Gasteiger partial charge in [-0.3, -0.25) is 0 Å². The van der Waals surface area contributed by atoms with Crippen LogP contribution in [-0.4, -0.2) is 17.6 Å². The van der Waals surface area contributed by atoms with Gasteiger partial charge in [0, 0.05) is 12.8 Å². The average molecular weight is 335 g/mol. The zero-order chi connectivity index (χ0) is 17.7. The number of aliphatic imine (C=N–C) groups is 1. The quantitative estimate of drug-likeness (QED) is 0.476. The van der Waals surface area contributed by atoms with E-state index >= 15 is 0 Å². The number of amidine groups is 1. The molecule has 1 aliphatic rings. The van der Waals surface area contributed by atoms with Gasteiger partial charge >= 0.3 is 0 Å². The Balaban J connectivity index is 1.79. The van der Waals surface area contributed by atoms with Crippen molar-refractivity contribution in [2.75, 3.05) is 5.32 Å². The van der Waals surface area contributed by atoms with E-state index in [1.165, 1.54) is 6.21 Å². The zero-order valence-electron chi connectivity index (χ0n) is 14.8. The number of fused-ring (bicyclic) bond motifs is 1. The molecule has 0 unspecified atom stereocenters. The summed E-state index contributed by atoms with van der Waals surface area (Å²) in [7, 11) is 0. The van der Waals surface area contributed by atoms with Gasteiger partial charge in [-0.1, -0.05) is 50.2 Å². The van der Waals surface area contributed by atoms with Gasteiger partial charge in [-0.25, -0.2) is 10.4 Å². The molecule has 1 aliphatic heterocycles. The molecule has 5 heteroatoms. The topological polar surface area (TPSA) is 72.3 Å². The summed E-state index contributed by atoms with van der Waals surface area (Å²) in [6.07, 6.45) is 3.25. The fraction of sp³-hybridized carbons (Fsp3) is 0.300. The highest BCUT2D eigenvalue weighted by atomic mass is 15.4. The molecule has 0 spiro atoms. The monoisotopic (exact) mass is 335 g/mol. The van der Waals surface area contributed by atoms with Crippen molar-refractivity contribution in [1.29, 1.82) is 5.41 Å². The standard InChI is InChI=1S/C20H25N5/c1-3-20(4-2)19(23-17-11-7-8-12-18(17)24-20)25-22-14-16-10-6-5-9-15(16)13-21/h5-13,21-22,24H,3-4,14H2,1-2H3,(H,23,25). The highest BCUT2D eigenvalue weighted by molar-refractivity contribution is 6.00. The Morgan fingerprint density at radius 2 is 1.80 bits per heavy atom. The second-order valence-corrected chi connectivity index (χ2v) is 6.21. The Labute approximate surface area is 149 Å². The molecule has 0 atom stereocenters. The maximum Gasteiger partial charge on any atom is 0.142 e. The predicted molar refractivity (Wildman–Crippen MR) is 105 cm³/mol. The average Bonchev–Trinajstić information content (AvgIpc) is 2.67. The van der Waals surface area contributed by atoms with Crippen molar-refractivity contribution in [3.8, 4) is 0 Å². The van der Waals surface area contributed by atoms with Crippen LogP contribution in [0.25, 0.3) is 0 Å². The molecule has 0 saturated heterocycles. The van der Waals surface area contributed by atoms with E-state index in [2.05, 4.69) is 36.1 Å². The molecule has 0 aromatic heterocycles. The van der Waals surface area contributed by atoms with Crippen molar-refractivity contribution in [2.45, 2.75) is 38.8 Å².